The van der Waals surface area contributed by atoms with Crippen LogP contribution >= 0.6 is 0 Å². The molecule has 4 nitrogen and oxygen atoms in total. The van der Waals surface area contributed by atoms with Gasteiger partial charge in [-0.1, -0.05) is 13.8 Å². The maximum absolute atomic E-state index is 12.4. The predicted octanol–water partition coefficient (Wildman–Crippen LogP) is 2.25. The molecule has 2 N–H and O–H groups in total. The van der Waals surface area contributed by atoms with Crippen molar-refractivity contribution >= 4 is 5.91 Å². The highest BCUT2D eigenvalue weighted by Crippen LogP contribution is 2.58. The number of piperidine rings is 2. The SMILES string of the molecule is CC(C)CCN1CCC(CNC(=O)C2CC23CCNCC3)CC1. The minimum Gasteiger partial charge on any atom is -0.356 e. The molecule has 132 valence electrons. The number of likely N-dealkylation sites (tertiary alicyclic amines) is 1. The van der Waals surface area contributed by atoms with Gasteiger partial charge in [-0.3, -0.25) is 4.79 Å². The molecule has 1 saturated carbocycles. The Morgan fingerprint density at radius 2 is 1.96 bits per heavy atom. The van der Waals surface area contributed by atoms with Gasteiger partial charge in [-0.25, -0.2) is 0 Å². The molecule has 0 aromatic heterocycles. The van der Waals surface area contributed by atoms with Gasteiger partial charge in [0, 0.05) is 12.5 Å². The number of rotatable bonds is 6. The molecule has 0 aromatic carbocycles. The number of nitrogens with zero attached hydrogens (tertiary/aromatic N) is 1. The summed E-state index contributed by atoms with van der Waals surface area (Å²) in [6, 6.07) is 0. The molecule has 1 spiro atoms. The normalized spacial score (nSPS) is 28.2. The van der Waals surface area contributed by atoms with Crippen LogP contribution in [0.4, 0.5) is 0 Å². The third-order valence-corrected chi connectivity index (χ3v) is 6.40. The van der Waals surface area contributed by atoms with Gasteiger partial charge in [0.1, 0.15) is 0 Å². The number of amides is 1. The second kappa shape index (κ2) is 7.52. The molecule has 2 heterocycles. The van der Waals surface area contributed by atoms with Crippen LogP contribution in [0.1, 0.15) is 52.4 Å². The first-order valence-electron chi connectivity index (χ1n) is 9.80. The highest BCUT2D eigenvalue weighted by molar-refractivity contribution is 5.82. The molecule has 1 unspecified atom stereocenters. The minimum atomic E-state index is 0.315. The Kier molecular flexibility index (Phi) is 5.63. The fourth-order valence-corrected chi connectivity index (χ4v) is 4.42. The van der Waals surface area contributed by atoms with E-state index in [1.54, 1.807) is 0 Å². The van der Waals surface area contributed by atoms with Crippen molar-refractivity contribution in [2.45, 2.75) is 52.4 Å². The molecule has 1 atom stereocenters. The Morgan fingerprint density at radius 3 is 2.61 bits per heavy atom. The Bertz CT molecular complexity index is 395. The molecule has 0 aromatic rings. The van der Waals surface area contributed by atoms with Gasteiger partial charge in [0.2, 0.25) is 5.91 Å². The molecule has 3 fully saturated rings. The van der Waals surface area contributed by atoms with Gasteiger partial charge in [0.25, 0.3) is 0 Å². The average Bonchev–Trinajstić information content (AvgIpc) is 3.25. The number of nitrogens with one attached hydrogen (secondary N) is 2. The molecular formula is C19H35N3O. The highest BCUT2D eigenvalue weighted by atomic mass is 16.2. The first-order valence-corrected chi connectivity index (χ1v) is 9.80. The third kappa shape index (κ3) is 4.48. The number of carbonyl (C=O) groups excluding carboxylic acids is 1. The number of hydrogen-bond acceptors (Lipinski definition) is 3. The lowest BCUT2D eigenvalue weighted by atomic mass is 9.91. The smallest absolute Gasteiger partial charge is 0.223 e. The highest BCUT2D eigenvalue weighted by Gasteiger charge is 2.57. The molecule has 3 aliphatic rings. The fourth-order valence-electron chi connectivity index (χ4n) is 4.42. The molecule has 3 rings (SSSR count). The second-order valence-electron chi connectivity index (χ2n) is 8.58. The summed E-state index contributed by atoms with van der Waals surface area (Å²) in [5.74, 6) is 2.15. The van der Waals surface area contributed by atoms with Crippen LogP contribution in [0, 0.1) is 23.2 Å². The van der Waals surface area contributed by atoms with E-state index in [1.165, 1.54) is 51.7 Å². The van der Waals surface area contributed by atoms with Crippen molar-refractivity contribution in [3.05, 3.63) is 0 Å². The first-order chi connectivity index (χ1) is 11.1. The van der Waals surface area contributed by atoms with E-state index in [1.807, 2.05) is 0 Å². The molecule has 0 radical (unpaired) electrons. The van der Waals surface area contributed by atoms with Crippen LogP contribution in [0.5, 0.6) is 0 Å². The largest absolute Gasteiger partial charge is 0.356 e. The van der Waals surface area contributed by atoms with Gasteiger partial charge in [0.15, 0.2) is 0 Å². The van der Waals surface area contributed by atoms with Crippen LogP contribution in [-0.2, 0) is 4.79 Å². The maximum atomic E-state index is 12.4. The van der Waals surface area contributed by atoms with Gasteiger partial charge in [-0.05, 0) is 88.5 Å². The Balaban J connectivity index is 1.32. The summed E-state index contributed by atoms with van der Waals surface area (Å²) in [5.41, 5.74) is 0.371. The first kappa shape index (κ1) is 17.2. The summed E-state index contributed by atoms with van der Waals surface area (Å²) < 4.78 is 0. The van der Waals surface area contributed by atoms with Crippen molar-refractivity contribution in [3.8, 4) is 0 Å². The van der Waals surface area contributed by atoms with Crippen LogP contribution in [0.2, 0.25) is 0 Å². The maximum Gasteiger partial charge on any atom is 0.223 e. The van der Waals surface area contributed by atoms with Gasteiger partial charge in [-0.2, -0.15) is 0 Å². The van der Waals surface area contributed by atoms with E-state index in [0.29, 0.717) is 23.2 Å². The topological polar surface area (TPSA) is 44.4 Å². The van der Waals surface area contributed by atoms with E-state index in [9.17, 15) is 4.79 Å². The zero-order valence-corrected chi connectivity index (χ0v) is 15.1. The third-order valence-electron chi connectivity index (χ3n) is 6.40. The average molecular weight is 322 g/mol. The summed E-state index contributed by atoms with van der Waals surface area (Å²) in [6.45, 7) is 11.4. The second-order valence-corrected chi connectivity index (χ2v) is 8.58. The Labute approximate surface area is 141 Å². The minimum absolute atomic E-state index is 0.315. The Hall–Kier alpha value is -0.610. The van der Waals surface area contributed by atoms with Crippen molar-refractivity contribution in [1.82, 2.24) is 15.5 Å². The monoisotopic (exact) mass is 321 g/mol. The van der Waals surface area contributed by atoms with Crippen LogP contribution < -0.4 is 10.6 Å². The van der Waals surface area contributed by atoms with E-state index in [-0.39, 0.29) is 0 Å². The molecular weight excluding hydrogens is 286 g/mol. The molecule has 4 heteroatoms. The summed E-state index contributed by atoms with van der Waals surface area (Å²) >= 11 is 0. The summed E-state index contributed by atoms with van der Waals surface area (Å²) in [7, 11) is 0. The lowest BCUT2D eigenvalue weighted by Gasteiger charge is -2.32. The lowest BCUT2D eigenvalue weighted by molar-refractivity contribution is -0.123. The van der Waals surface area contributed by atoms with E-state index >= 15 is 0 Å². The number of hydrogen-bond donors (Lipinski definition) is 2. The molecule has 1 aliphatic carbocycles. The summed E-state index contributed by atoms with van der Waals surface area (Å²) in [5, 5.41) is 6.68. The van der Waals surface area contributed by atoms with Crippen LogP contribution in [0.25, 0.3) is 0 Å². The molecule has 2 aliphatic heterocycles. The van der Waals surface area contributed by atoms with Crippen molar-refractivity contribution < 1.29 is 4.79 Å². The van der Waals surface area contributed by atoms with Crippen molar-refractivity contribution in [1.29, 1.82) is 0 Å². The van der Waals surface area contributed by atoms with Crippen LogP contribution in [-0.4, -0.2) is 50.1 Å². The predicted molar refractivity (Wildman–Crippen MR) is 94.3 cm³/mol. The fraction of sp³-hybridized carbons (Fsp3) is 0.947. The lowest BCUT2D eigenvalue weighted by Crippen LogP contribution is -2.40. The van der Waals surface area contributed by atoms with Crippen molar-refractivity contribution in [2.75, 3.05) is 39.3 Å². The van der Waals surface area contributed by atoms with Gasteiger partial charge < -0.3 is 15.5 Å². The van der Waals surface area contributed by atoms with Gasteiger partial charge in [-0.15, -0.1) is 0 Å². The molecule has 0 bridgehead atoms. The molecule has 2 saturated heterocycles. The van der Waals surface area contributed by atoms with Gasteiger partial charge in [0.05, 0.1) is 0 Å². The quantitative estimate of drug-likeness (QED) is 0.789. The summed E-state index contributed by atoms with van der Waals surface area (Å²) in [6.07, 6.45) is 7.32. The zero-order chi connectivity index (χ0) is 16.3. The van der Waals surface area contributed by atoms with E-state index in [2.05, 4.69) is 29.4 Å². The standard InChI is InChI=1S/C19H35N3O/c1-15(2)3-10-22-11-4-16(5-12-22)14-21-18(23)17-13-19(17)6-8-20-9-7-19/h15-17,20H,3-14H2,1-2H3,(H,21,23). The number of carbonyl (C=O) groups is 1. The van der Waals surface area contributed by atoms with E-state index in [4.69, 9.17) is 0 Å². The van der Waals surface area contributed by atoms with E-state index < -0.39 is 0 Å². The Morgan fingerprint density at radius 1 is 1.26 bits per heavy atom. The van der Waals surface area contributed by atoms with Crippen molar-refractivity contribution in [3.63, 3.8) is 0 Å². The van der Waals surface area contributed by atoms with Crippen molar-refractivity contribution in [2.24, 2.45) is 23.2 Å². The van der Waals surface area contributed by atoms with Crippen LogP contribution in [0.3, 0.4) is 0 Å². The molecule has 1 amide bonds. The summed E-state index contributed by atoms with van der Waals surface area (Å²) in [4.78, 5) is 15.0. The van der Waals surface area contributed by atoms with Gasteiger partial charge >= 0.3 is 0 Å². The zero-order valence-electron chi connectivity index (χ0n) is 15.1. The van der Waals surface area contributed by atoms with Crippen LogP contribution in [0.15, 0.2) is 0 Å². The molecule has 23 heavy (non-hydrogen) atoms. The van der Waals surface area contributed by atoms with E-state index in [0.717, 1.165) is 32.0 Å².